The van der Waals surface area contributed by atoms with E-state index in [4.69, 9.17) is 9.47 Å². The Labute approximate surface area is 304 Å². The van der Waals surface area contributed by atoms with Crippen LogP contribution in [0, 0.1) is 11.7 Å². The monoisotopic (exact) mass is 752 g/mol. The summed E-state index contributed by atoms with van der Waals surface area (Å²) in [7, 11) is 0. The molecule has 3 N–H and O–H groups in total. The number of carbonyl (C=O) groups is 2. The second-order valence-corrected chi connectivity index (χ2v) is 13.4. The van der Waals surface area contributed by atoms with Crippen LogP contribution < -0.4 is 10.1 Å². The van der Waals surface area contributed by atoms with Gasteiger partial charge < -0.3 is 25.0 Å². The van der Waals surface area contributed by atoms with Crippen molar-refractivity contribution in [1.29, 1.82) is 0 Å². The molecule has 1 aliphatic rings. The number of cyclic esters (lactones) is 1. The van der Waals surface area contributed by atoms with Crippen molar-refractivity contribution >= 4 is 33.6 Å². The highest BCUT2D eigenvalue weighted by Crippen LogP contribution is 2.40. The molecule has 1 saturated heterocycles. The van der Waals surface area contributed by atoms with E-state index in [0.29, 0.717) is 29.0 Å². The Bertz CT molecular complexity index is 1910. The molecule has 0 aromatic heterocycles. The van der Waals surface area contributed by atoms with E-state index in [2.05, 4.69) is 21.2 Å². The summed E-state index contributed by atoms with van der Waals surface area (Å²) in [5, 5.41) is 24.8. The molecule has 0 aliphatic carbocycles. The third kappa shape index (κ3) is 9.14. The van der Waals surface area contributed by atoms with Crippen LogP contribution in [-0.4, -0.2) is 39.8 Å². The van der Waals surface area contributed by atoms with E-state index in [0.717, 1.165) is 15.6 Å². The SMILES string of the molecule is O=C1OC[C@@H](Cc2ccccc2)N1C(=O)[C@H](CC[C@H](O)c1ccc(F)cc1)[C@H](Nc1ccc(O)cc1)c1ccc(Br)cc1OCc1ccccc1. The quantitative estimate of drug-likeness (QED) is 0.0974. The molecule has 8 nitrogen and oxygen atoms in total. The van der Waals surface area contributed by atoms with Crippen LogP contribution >= 0.6 is 15.9 Å². The van der Waals surface area contributed by atoms with E-state index < -0.39 is 41.9 Å². The molecule has 0 saturated carbocycles. The smallest absolute Gasteiger partial charge is 0.416 e. The lowest BCUT2D eigenvalue weighted by atomic mass is 9.85. The Morgan fingerprint density at radius 2 is 1.57 bits per heavy atom. The number of nitrogens with one attached hydrogen (secondary N) is 1. The zero-order chi connectivity index (χ0) is 35.7. The molecule has 6 rings (SSSR count). The molecule has 1 aliphatic heterocycles. The van der Waals surface area contributed by atoms with Crippen molar-refractivity contribution in [1.82, 2.24) is 4.90 Å². The standard InChI is InChI=1S/C41H38BrFN2O6/c42-30-13-20-35(38(24-30)50-25-28-9-5-2-6-10-28)39(44-32-16-18-34(46)19-17-32)36(21-22-37(47)29-11-14-31(43)15-12-29)40(48)45-33(26-51-41(45)49)23-27-7-3-1-4-8-27/h1-20,24,33,36-37,39,44,46-47H,21-23,25-26H2/t33-,36-,37+,39-/m1/s1. The van der Waals surface area contributed by atoms with E-state index in [1.165, 1.54) is 41.3 Å². The molecule has 262 valence electrons. The molecule has 1 fully saturated rings. The molecule has 0 bridgehead atoms. The normalized spacial score (nSPS) is 15.9. The van der Waals surface area contributed by atoms with Crippen LogP contribution in [0.15, 0.2) is 132 Å². The van der Waals surface area contributed by atoms with E-state index in [-0.39, 0.29) is 31.8 Å². The summed E-state index contributed by atoms with van der Waals surface area (Å²) in [6.07, 6.45) is -1.09. The van der Waals surface area contributed by atoms with Crippen molar-refractivity contribution < 1.29 is 33.7 Å². The largest absolute Gasteiger partial charge is 0.508 e. The summed E-state index contributed by atoms with van der Waals surface area (Å²) in [5.74, 6) is -1.25. The number of imide groups is 1. The molecule has 5 aromatic carbocycles. The average molecular weight is 754 g/mol. The van der Waals surface area contributed by atoms with E-state index in [1.807, 2.05) is 78.9 Å². The fourth-order valence-electron chi connectivity index (χ4n) is 6.33. The number of phenols is 1. The lowest BCUT2D eigenvalue weighted by molar-refractivity contribution is -0.134. The number of hydrogen-bond acceptors (Lipinski definition) is 7. The number of aliphatic hydroxyl groups excluding tert-OH is 1. The van der Waals surface area contributed by atoms with Gasteiger partial charge in [0, 0.05) is 15.7 Å². The summed E-state index contributed by atoms with van der Waals surface area (Å²) < 4.78 is 26.4. The first-order valence-electron chi connectivity index (χ1n) is 16.7. The van der Waals surface area contributed by atoms with Gasteiger partial charge in [0.15, 0.2) is 0 Å². The topological polar surface area (TPSA) is 108 Å². The minimum atomic E-state index is -1.01. The average Bonchev–Trinajstić information content (AvgIpc) is 3.51. The minimum absolute atomic E-state index is 0.0458. The summed E-state index contributed by atoms with van der Waals surface area (Å²) in [6.45, 7) is 0.305. The van der Waals surface area contributed by atoms with E-state index >= 15 is 0 Å². The molecular formula is C41H38BrFN2O6. The van der Waals surface area contributed by atoms with Crippen molar-refractivity contribution in [2.45, 2.75) is 44.1 Å². The highest BCUT2D eigenvalue weighted by molar-refractivity contribution is 9.10. The Morgan fingerprint density at radius 1 is 0.902 bits per heavy atom. The van der Waals surface area contributed by atoms with Gasteiger partial charge in [0.05, 0.1) is 24.1 Å². The number of benzene rings is 5. The third-order valence-corrected chi connectivity index (χ3v) is 9.47. The zero-order valence-electron chi connectivity index (χ0n) is 27.7. The number of carbonyl (C=O) groups excluding carboxylic acids is 2. The van der Waals surface area contributed by atoms with Crippen LogP contribution in [0.4, 0.5) is 14.9 Å². The molecule has 0 unspecified atom stereocenters. The van der Waals surface area contributed by atoms with Gasteiger partial charge in [0.25, 0.3) is 0 Å². The first kappa shape index (κ1) is 35.6. The Hall–Kier alpha value is -5.19. The first-order valence-corrected chi connectivity index (χ1v) is 17.5. The molecule has 2 amide bonds. The fourth-order valence-corrected chi connectivity index (χ4v) is 6.67. The number of amides is 2. The van der Waals surface area contributed by atoms with Gasteiger partial charge in [0.1, 0.15) is 30.5 Å². The van der Waals surface area contributed by atoms with Gasteiger partial charge in [-0.05, 0) is 84.5 Å². The van der Waals surface area contributed by atoms with Gasteiger partial charge >= 0.3 is 6.09 Å². The van der Waals surface area contributed by atoms with Crippen LogP contribution in [0.25, 0.3) is 0 Å². The Kier molecular flexibility index (Phi) is 11.7. The molecular weight excluding hydrogens is 715 g/mol. The third-order valence-electron chi connectivity index (χ3n) is 8.98. The molecule has 4 atom stereocenters. The van der Waals surface area contributed by atoms with Gasteiger partial charge in [-0.1, -0.05) is 94.8 Å². The molecule has 10 heteroatoms. The second kappa shape index (κ2) is 16.7. The lowest BCUT2D eigenvalue weighted by Gasteiger charge is -2.33. The summed E-state index contributed by atoms with van der Waals surface area (Å²) in [4.78, 5) is 29.5. The first-order chi connectivity index (χ1) is 24.7. The van der Waals surface area contributed by atoms with Gasteiger partial charge in [-0.3, -0.25) is 4.79 Å². The summed E-state index contributed by atoms with van der Waals surface area (Å²) in [6, 6.07) is 35.6. The van der Waals surface area contributed by atoms with Crippen LogP contribution in [0.5, 0.6) is 11.5 Å². The molecule has 5 aromatic rings. The van der Waals surface area contributed by atoms with E-state index in [9.17, 15) is 24.2 Å². The second-order valence-electron chi connectivity index (χ2n) is 12.5. The fraction of sp³-hybridized carbons (Fsp3) is 0.220. The number of hydrogen-bond donors (Lipinski definition) is 3. The van der Waals surface area contributed by atoms with Crippen LogP contribution in [0.2, 0.25) is 0 Å². The Balaban J connectivity index is 1.41. The molecule has 1 heterocycles. The predicted molar refractivity (Wildman–Crippen MR) is 196 cm³/mol. The zero-order valence-corrected chi connectivity index (χ0v) is 29.3. The number of halogens is 2. The maximum absolute atomic E-state index is 14.9. The highest BCUT2D eigenvalue weighted by Gasteiger charge is 2.44. The predicted octanol–water partition coefficient (Wildman–Crippen LogP) is 8.75. The van der Waals surface area contributed by atoms with Gasteiger partial charge in [-0.15, -0.1) is 0 Å². The number of aromatic hydroxyl groups is 1. The summed E-state index contributed by atoms with van der Waals surface area (Å²) >= 11 is 3.57. The number of rotatable bonds is 14. The van der Waals surface area contributed by atoms with Crippen LogP contribution in [-0.2, 0) is 22.6 Å². The number of anilines is 1. The molecule has 51 heavy (non-hydrogen) atoms. The van der Waals surface area contributed by atoms with Crippen molar-refractivity contribution in [3.63, 3.8) is 0 Å². The van der Waals surface area contributed by atoms with Crippen molar-refractivity contribution in [3.8, 4) is 11.5 Å². The van der Waals surface area contributed by atoms with Gasteiger partial charge in [0.2, 0.25) is 5.91 Å². The molecule has 0 spiro atoms. The number of ether oxygens (including phenoxy) is 2. The lowest BCUT2D eigenvalue weighted by Crippen LogP contribution is -2.46. The molecule has 0 radical (unpaired) electrons. The van der Waals surface area contributed by atoms with Crippen molar-refractivity contribution in [2.75, 3.05) is 11.9 Å². The maximum Gasteiger partial charge on any atom is 0.416 e. The summed E-state index contributed by atoms with van der Waals surface area (Å²) in [5.41, 5.74) is 3.65. The number of phenolic OH excluding ortho intramolecular Hbond substituents is 1. The Morgan fingerprint density at radius 3 is 2.25 bits per heavy atom. The minimum Gasteiger partial charge on any atom is -0.508 e. The van der Waals surface area contributed by atoms with Crippen LogP contribution in [0.1, 0.15) is 47.2 Å². The number of aliphatic hydroxyl groups is 1. The van der Waals surface area contributed by atoms with Crippen molar-refractivity contribution in [3.05, 3.63) is 160 Å². The van der Waals surface area contributed by atoms with Gasteiger partial charge in [-0.2, -0.15) is 0 Å². The van der Waals surface area contributed by atoms with Crippen LogP contribution in [0.3, 0.4) is 0 Å². The highest BCUT2D eigenvalue weighted by atomic mass is 79.9. The van der Waals surface area contributed by atoms with E-state index in [1.54, 1.807) is 12.1 Å². The maximum atomic E-state index is 14.9. The van der Waals surface area contributed by atoms with Gasteiger partial charge in [-0.25, -0.2) is 14.1 Å². The van der Waals surface area contributed by atoms with Crippen molar-refractivity contribution in [2.24, 2.45) is 5.92 Å². The number of nitrogens with zero attached hydrogens (tertiary/aromatic N) is 1.